The molecule has 4 N–H and O–H groups in total. The lowest BCUT2D eigenvalue weighted by molar-refractivity contribution is 0.332. The van der Waals surface area contributed by atoms with E-state index >= 15 is 0 Å². The van der Waals surface area contributed by atoms with Crippen molar-refractivity contribution in [3.8, 4) is 0 Å². The monoisotopic (exact) mass is 375 g/mol. The minimum Gasteiger partial charge on any atom is -0.399 e. The molecule has 0 amide bonds. The second kappa shape index (κ2) is 11.3. The zero-order valence-electron chi connectivity index (χ0n) is 15.0. The number of nitrogens with zero attached hydrogens (tertiary/aromatic N) is 1. The molecule has 0 unspecified atom stereocenters. The fourth-order valence-corrected chi connectivity index (χ4v) is 4.46. The third-order valence-electron chi connectivity index (χ3n) is 4.02. The summed E-state index contributed by atoms with van der Waals surface area (Å²) in [6.45, 7) is 6.33. The number of rotatable bonds is 6. The quantitative estimate of drug-likeness (QED) is 0.513. The maximum Gasteiger partial charge on any atom is 0.0314 e. The van der Waals surface area contributed by atoms with E-state index in [4.69, 9.17) is 11.5 Å². The molecule has 0 bridgehead atoms. The maximum atomic E-state index is 5.62. The Balaban J connectivity index is 0.000000212. The van der Waals surface area contributed by atoms with Crippen molar-refractivity contribution in [3.63, 3.8) is 0 Å². The molecule has 1 fully saturated rings. The average Bonchev–Trinajstić information content (AvgIpc) is 3.15. The Hall–Kier alpha value is -1.30. The molecule has 2 aromatic rings. The van der Waals surface area contributed by atoms with Crippen LogP contribution < -0.4 is 11.5 Å². The first-order valence-electron chi connectivity index (χ1n) is 8.95. The van der Waals surface area contributed by atoms with Crippen LogP contribution in [0.3, 0.4) is 0 Å². The van der Waals surface area contributed by atoms with Gasteiger partial charge in [-0.3, -0.25) is 0 Å². The molecule has 0 aliphatic carbocycles. The van der Waals surface area contributed by atoms with Crippen molar-refractivity contribution in [2.24, 2.45) is 0 Å². The zero-order valence-corrected chi connectivity index (χ0v) is 16.6. The summed E-state index contributed by atoms with van der Waals surface area (Å²) < 4.78 is 0. The Bertz CT molecular complexity index is 548. The molecule has 0 saturated carbocycles. The molecular formula is C20H29N3S2. The van der Waals surface area contributed by atoms with E-state index in [1.165, 1.54) is 55.1 Å². The van der Waals surface area contributed by atoms with Gasteiger partial charge in [0.2, 0.25) is 0 Å². The van der Waals surface area contributed by atoms with Crippen LogP contribution in [0.1, 0.15) is 32.6 Å². The molecule has 1 heterocycles. The second-order valence-electron chi connectivity index (χ2n) is 6.21. The predicted molar refractivity (Wildman–Crippen MR) is 114 cm³/mol. The zero-order chi connectivity index (χ0) is 17.9. The van der Waals surface area contributed by atoms with Gasteiger partial charge in [-0.15, -0.1) is 0 Å². The summed E-state index contributed by atoms with van der Waals surface area (Å²) in [7, 11) is 3.42. The van der Waals surface area contributed by atoms with Gasteiger partial charge < -0.3 is 16.4 Å². The largest absolute Gasteiger partial charge is 0.399 e. The van der Waals surface area contributed by atoms with Gasteiger partial charge in [-0.2, -0.15) is 0 Å². The van der Waals surface area contributed by atoms with Gasteiger partial charge in [-0.1, -0.05) is 34.9 Å². The Kier molecular flexibility index (Phi) is 9.08. The van der Waals surface area contributed by atoms with E-state index in [2.05, 4.69) is 11.8 Å². The molecule has 3 rings (SSSR count). The Morgan fingerprint density at radius 3 is 1.64 bits per heavy atom. The van der Waals surface area contributed by atoms with Crippen molar-refractivity contribution in [2.45, 2.75) is 42.4 Å². The summed E-state index contributed by atoms with van der Waals surface area (Å²) in [6, 6.07) is 15.7. The van der Waals surface area contributed by atoms with E-state index in [-0.39, 0.29) is 0 Å². The highest BCUT2D eigenvalue weighted by Gasteiger charge is 2.09. The lowest BCUT2D eigenvalue weighted by Crippen LogP contribution is -2.19. The molecule has 0 aromatic heterocycles. The SMILES string of the molecule is CCCCN1CCCC1.Nc1ccc(SSc2ccc(N)cc2)cc1. The standard InChI is InChI=1S/C12H12N2S2.C8H17N/c13-9-1-5-11(6-2-9)15-16-12-7-3-10(14)4-8-12;1-2-3-6-9-7-4-5-8-9/h1-8H,13-14H2;2-8H2,1H3. The third kappa shape index (κ3) is 8.08. The molecule has 1 aliphatic rings. The van der Waals surface area contributed by atoms with Gasteiger partial charge in [0.05, 0.1) is 0 Å². The summed E-state index contributed by atoms with van der Waals surface area (Å²) >= 11 is 0. The summed E-state index contributed by atoms with van der Waals surface area (Å²) in [6.07, 6.45) is 5.60. The van der Waals surface area contributed by atoms with E-state index in [9.17, 15) is 0 Å². The number of benzene rings is 2. The van der Waals surface area contributed by atoms with Gasteiger partial charge in [0, 0.05) is 21.2 Å². The fourth-order valence-electron chi connectivity index (χ4n) is 2.53. The summed E-state index contributed by atoms with van der Waals surface area (Å²) in [4.78, 5) is 4.95. The Morgan fingerprint density at radius 1 is 0.800 bits per heavy atom. The van der Waals surface area contributed by atoms with Gasteiger partial charge in [0.25, 0.3) is 0 Å². The lowest BCUT2D eigenvalue weighted by atomic mass is 10.3. The summed E-state index contributed by atoms with van der Waals surface area (Å²) in [5.41, 5.74) is 12.8. The Labute approximate surface area is 159 Å². The fraction of sp³-hybridized carbons (Fsp3) is 0.400. The molecule has 3 nitrogen and oxygen atoms in total. The predicted octanol–water partition coefficient (Wildman–Crippen LogP) is 5.53. The minimum atomic E-state index is 0.793. The van der Waals surface area contributed by atoms with E-state index in [0.29, 0.717) is 0 Å². The minimum absolute atomic E-state index is 0.793. The van der Waals surface area contributed by atoms with Gasteiger partial charge in [0.15, 0.2) is 0 Å². The van der Waals surface area contributed by atoms with Crippen molar-refractivity contribution in [1.82, 2.24) is 4.90 Å². The molecular weight excluding hydrogens is 346 g/mol. The molecule has 0 radical (unpaired) electrons. The van der Waals surface area contributed by atoms with E-state index in [1.54, 1.807) is 21.6 Å². The maximum absolute atomic E-state index is 5.62. The van der Waals surface area contributed by atoms with Crippen molar-refractivity contribution in [2.75, 3.05) is 31.1 Å². The smallest absolute Gasteiger partial charge is 0.0314 e. The van der Waals surface area contributed by atoms with Gasteiger partial charge in [-0.25, -0.2) is 0 Å². The highest BCUT2D eigenvalue weighted by atomic mass is 33.1. The average molecular weight is 376 g/mol. The van der Waals surface area contributed by atoms with Gasteiger partial charge >= 0.3 is 0 Å². The molecule has 2 aromatic carbocycles. The van der Waals surface area contributed by atoms with Crippen LogP contribution in [0.25, 0.3) is 0 Å². The van der Waals surface area contributed by atoms with Gasteiger partial charge in [-0.05, 0) is 87.4 Å². The van der Waals surface area contributed by atoms with Crippen molar-refractivity contribution < 1.29 is 0 Å². The number of nitrogen functional groups attached to an aromatic ring is 2. The topological polar surface area (TPSA) is 55.3 Å². The molecule has 0 spiro atoms. The molecule has 1 saturated heterocycles. The first-order chi connectivity index (χ1) is 12.2. The van der Waals surface area contributed by atoms with Crippen molar-refractivity contribution in [1.29, 1.82) is 0 Å². The van der Waals surface area contributed by atoms with Crippen LogP contribution in [-0.4, -0.2) is 24.5 Å². The molecule has 25 heavy (non-hydrogen) atoms. The molecule has 0 atom stereocenters. The van der Waals surface area contributed by atoms with Crippen molar-refractivity contribution in [3.05, 3.63) is 48.5 Å². The van der Waals surface area contributed by atoms with E-state index in [0.717, 1.165) is 11.4 Å². The number of anilines is 2. The van der Waals surface area contributed by atoms with Crippen LogP contribution >= 0.6 is 21.6 Å². The highest BCUT2D eigenvalue weighted by Crippen LogP contribution is 2.37. The summed E-state index contributed by atoms with van der Waals surface area (Å²) in [5, 5.41) is 0. The number of hydrogen-bond acceptors (Lipinski definition) is 5. The van der Waals surface area contributed by atoms with Crippen LogP contribution in [-0.2, 0) is 0 Å². The Morgan fingerprint density at radius 2 is 1.24 bits per heavy atom. The third-order valence-corrected chi connectivity index (χ3v) is 6.44. The van der Waals surface area contributed by atoms with Gasteiger partial charge in [0.1, 0.15) is 0 Å². The summed E-state index contributed by atoms with van der Waals surface area (Å²) in [5.74, 6) is 0. The number of hydrogen-bond donors (Lipinski definition) is 2. The van der Waals surface area contributed by atoms with E-state index in [1.807, 2.05) is 48.5 Å². The number of unbranched alkanes of at least 4 members (excludes halogenated alkanes) is 1. The van der Waals surface area contributed by atoms with Crippen LogP contribution in [0.2, 0.25) is 0 Å². The van der Waals surface area contributed by atoms with Crippen LogP contribution in [0.4, 0.5) is 11.4 Å². The number of likely N-dealkylation sites (tertiary alicyclic amines) is 1. The second-order valence-corrected chi connectivity index (χ2v) is 8.48. The first kappa shape index (κ1) is 20.0. The van der Waals surface area contributed by atoms with Crippen molar-refractivity contribution >= 4 is 33.0 Å². The number of nitrogens with two attached hydrogens (primary N) is 2. The first-order valence-corrected chi connectivity index (χ1v) is 11.1. The van der Waals surface area contributed by atoms with Crippen LogP contribution in [0, 0.1) is 0 Å². The molecule has 5 heteroatoms. The molecule has 1 aliphatic heterocycles. The lowest BCUT2D eigenvalue weighted by Gasteiger charge is -2.12. The highest BCUT2D eigenvalue weighted by molar-refractivity contribution is 8.76. The van der Waals surface area contributed by atoms with Crippen LogP contribution in [0.5, 0.6) is 0 Å². The molecule has 136 valence electrons. The normalized spacial score (nSPS) is 14.1. The van der Waals surface area contributed by atoms with E-state index < -0.39 is 0 Å². The van der Waals surface area contributed by atoms with Crippen LogP contribution in [0.15, 0.2) is 58.3 Å².